The molecule has 1 N–H and O–H groups in total. The Balaban J connectivity index is 3.08. The Kier molecular flexibility index (Phi) is 73.9. The van der Waals surface area contributed by atoms with E-state index in [2.05, 4.69) is 0 Å². The van der Waals surface area contributed by atoms with Gasteiger partial charge in [0.1, 0.15) is 0 Å². The summed E-state index contributed by atoms with van der Waals surface area (Å²) in [5.74, 6) is 0. The molecule has 0 amide bonds. The van der Waals surface area contributed by atoms with Crippen molar-refractivity contribution >= 4 is 0 Å². The van der Waals surface area contributed by atoms with Gasteiger partial charge in [-0.3, -0.25) is 0 Å². The fourth-order valence-corrected chi connectivity index (χ4v) is 5.37. The Bertz CT molecular complexity index is 931. The van der Waals surface area contributed by atoms with E-state index in [-0.39, 0.29) is 6.61 Å². The van der Waals surface area contributed by atoms with E-state index in [1.165, 1.54) is 0 Å². The summed E-state index contributed by atoms with van der Waals surface area (Å²) < 4.78 is 136. The van der Waals surface area contributed by atoms with Gasteiger partial charge in [-0.05, 0) is 0 Å². The summed E-state index contributed by atoms with van der Waals surface area (Å²) in [4.78, 5) is 0. The Morgan fingerprint density at radius 1 is 0.130 bits per heavy atom. The fraction of sp³-hybridized carbons (Fsp3) is 1.00. The first-order chi connectivity index (χ1) is 38.4. The number of hydrogen-bond donors (Lipinski definition) is 1. The quantitative estimate of drug-likeness (QED) is 0.0789. The molecule has 0 aromatic carbocycles. The number of methoxy groups -OCH3 is 1. The first-order valence-electron chi connectivity index (χ1n) is 27.4. The molecule has 0 radical (unpaired) electrons. The lowest BCUT2D eigenvalue weighted by molar-refractivity contribution is -0.0321. The average molecular weight is 1130 g/mol. The zero-order valence-corrected chi connectivity index (χ0v) is 47.0. The second-order valence-corrected chi connectivity index (χ2v) is 15.4. The molecule has 0 aromatic rings. The standard InChI is InChI=1S/C51H104O26/c1-53-4-5-55-8-9-57-12-13-59-16-17-61-20-21-63-24-25-65-28-29-67-32-33-69-36-37-71-40-41-73-44-45-75-48-49-77-51-50-76-47-46-74-43-42-72-39-38-70-35-34-68-31-30-66-27-26-64-23-22-62-19-18-60-15-14-58-11-10-56-7-6-54-3-2-52/h52H,2-51H2,1H3. The van der Waals surface area contributed by atoms with Crippen LogP contribution in [0, 0.1) is 0 Å². The van der Waals surface area contributed by atoms with Crippen molar-refractivity contribution in [2.75, 3.05) is 337 Å². The van der Waals surface area contributed by atoms with Gasteiger partial charge in [-0.1, -0.05) is 0 Å². The van der Waals surface area contributed by atoms with Crippen molar-refractivity contribution in [3.05, 3.63) is 0 Å². The van der Waals surface area contributed by atoms with Gasteiger partial charge in [0.05, 0.1) is 330 Å². The van der Waals surface area contributed by atoms with Crippen LogP contribution in [-0.4, -0.2) is 343 Å². The van der Waals surface area contributed by atoms with Crippen LogP contribution in [-0.2, 0) is 118 Å². The Labute approximate surface area is 460 Å². The van der Waals surface area contributed by atoms with Crippen LogP contribution in [0.15, 0.2) is 0 Å². The largest absolute Gasteiger partial charge is 0.394 e. The predicted molar refractivity (Wildman–Crippen MR) is 279 cm³/mol. The van der Waals surface area contributed by atoms with E-state index in [1.807, 2.05) is 0 Å². The SMILES string of the molecule is COCCOCCOCCOCCOCCOCCOCCOCCOCCOCCOCCOCCOCCOCCOCCOCCOCCOCCOCCOCCOCCOCCOCCOCCOCCO. The molecule has 0 saturated carbocycles. The molecule has 0 atom stereocenters. The summed E-state index contributed by atoms with van der Waals surface area (Å²) in [5, 5.41) is 8.61. The van der Waals surface area contributed by atoms with Gasteiger partial charge >= 0.3 is 0 Å². The van der Waals surface area contributed by atoms with Crippen LogP contribution in [0.25, 0.3) is 0 Å². The zero-order valence-electron chi connectivity index (χ0n) is 47.0. The minimum atomic E-state index is 0.0181. The molecule has 0 aliphatic heterocycles. The molecule has 0 aliphatic carbocycles. The molecular formula is C51H104O26. The first-order valence-corrected chi connectivity index (χ1v) is 27.4. The molecular weight excluding hydrogens is 1030 g/mol. The van der Waals surface area contributed by atoms with Gasteiger partial charge in [0.15, 0.2) is 0 Å². The summed E-state index contributed by atoms with van der Waals surface area (Å²) in [7, 11) is 1.64. The molecule has 0 fully saturated rings. The van der Waals surface area contributed by atoms with Crippen LogP contribution in [0.2, 0.25) is 0 Å². The van der Waals surface area contributed by atoms with Crippen molar-refractivity contribution in [2.45, 2.75) is 0 Å². The summed E-state index contributed by atoms with van der Waals surface area (Å²) >= 11 is 0. The molecule has 464 valence electrons. The molecule has 0 saturated heterocycles. The first kappa shape index (κ1) is 76.0. The van der Waals surface area contributed by atoms with Crippen LogP contribution in [0.4, 0.5) is 0 Å². The summed E-state index contributed by atoms with van der Waals surface area (Å²) in [6, 6.07) is 0. The summed E-state index contributed by atoms with van der Waals surface area (Å²) in [6.45, 7) is 24.2. The van der Waals surface area contributed by atoms with Crippen molar-refractivity contribution < 1.29 is 124 Å². The third-order valence-corrected chi connectivity index (χ3v) is 9.22. The fourth-order valence-electron chi connectivity index (χ4n) is 5.37. The van der Waals surface area contributed by atoms with E-state index >= 15 is 0 Å². The molecule has 0 bridgehead atoms. The minimum absolute atomic E-state index is 0.0181. The Morgan fingerprint density at radius 2 is 0.208 bits per heavy atom. The highest BCUT2D eigenvalue weighted by atomic mass is 16.6. The number of aliphatic hydroxyl groups is 1. The lowest BCUT2D eigenvalue weighted by Gasteiger charge is -2.09. The Morgan fingerprint density at radius 3 is 0.286 bits per heavy atom. The average Bonchev–Trinajstić information content (AvgIpc) is 3.44. The van der Waals surface area contributed by atoms with Crippen LogP contribution < -0.4 is 0 Å². The van der Waals surface area contributed by atoms with E-state index < -0.39 is 0 Å². The molecule has 0 aliphatic rings. The van der Waals surface area contributed by atoms with Gasteiger partial charge < -0.3 is 124 Å². The molecule has 0 unspecified atom stereocenters. The maximum Gasteiger partial charge on any atom is 0.0701 e. The topological polar surface area (TPSA) is 251 Å². The normalized spacial score (nSPS) is 11.8. The van der Waals surface area contributed by atoms with Gasteiger partial charge in [-0.2, -0.15) is 0 Å². The molecule has 0 aromatic heterocycles. The predicted octanol–water partition coefficient (Wildman–Crippen LogP) is 0.0235. The van der Waals surface area contributed by atoms with Crippen molar-refractivity contribution in [1.82, 2.24) is 0 Å². The highest BCUT2D eigenvalue weighted by molar-refractivity contribution is 4.43. The van der Waals surface area contributed by atoms with Crippen LogP contribution >= 0.6 is 0 Å². The minimum Gasteiger partial charge on any atom is -0.394 e. The zero-order chi connectivity index (χ0) is 55.0. The lowest BCUT2D eigenvalue weighted by atomic mass is 10.6. The van der Waals surface area contributed by atoms with Gasteiger partial charge in [-0.25, -0.2) is 0 Å². The molecule has 26 nitrogen and oxygen atoms in total. The number of aliphatic hydroxyl groups excluding tert-OH is 1. The molecule has 0 heterocycles. The summed E-state index contributed by atoms with van der Waals surface area (Å²) in [5.41, 5.74) is 0. The third kappa shape index (κ3) is 75.0. The van der Waals surface area contributed by atoms with Crippen molar-refractivity contribution in [3.8, 4) is 0 Å². The highest BCUT2D eigenvalue weighted by Gasteiger charge is 2.00. The number of rotatable bonds is 74. The maximum atomic E-state index is 8.61. The second kappa shape index (κ2) is 75.0. The number of ether oxygens (including phenoxy) is 25. The van der Waals surface area contributed by atoms with E-state index in [4.69, 9.17) is 124 Å². The maximum absolute atomic E-state index is 8.61. The van der Waals surface area contributed by atoms with Crippen LogP contribution in [0.5, 0.6) is 0 Å². The molecule has 0 rings (SSSR count). The van der Waals surface area contributed by atoms with Crippen LogP contribution in [0.3, 0.4) is 0 Å². The van der Waals surface area contributed by atoms with Crippen molar-refractivity contribution in [3.63, 3.8) is 0 Å². The smallest absolute Gasteiger partial charge is 0.0701 e. The Hall–Kier alpha value is -1.04. The number of hydrogen-bond acceptors (Lipinski definition) is 26. The lowest BCUT2D eigenvalue weighted by Crippen LogP contribution is -2.16. The highest BCUT2D eigenvalue weighted by Crippen LogP contribution is 1.91. The van der Waals surface area contributed by atoms with Gasteiger partial charge in [-0.15, -0.1) is 0 Å². The van der Waals surface area contributed by atoms with Crippen molar-refractivity contribution in [1.29, 1.82) is 0 Å². The third-order valence-electron chi connectivity index (χ3n) is 9.22. The molecule has 0 spiro atoms. The van der Waals surface area contributed by atoms with Crippen LogP contribution in [0.1, 0.15) is 0 Å². The monoisotopic (exact) mass is 1130 g/mol. The van der Waals surface area contributed by atoms with Gasteiger partial charge in [0.2, 0.25) is 0 Å². The van der Waals surface area contributed by atoms with Gasteiger partial charge in [0.25, 0.3) is 0 Å². The molecule has 26 heteroatoms. The van der Waals surface area contributed by atoms with E-state index in [0.717, 1.165) is 0 Å². The van der Waals surface area contributed by atoms with E-state index in [9.17, 15) is 0 Å². The molecule has 77 heavy (non-hydrogen) atoms. The van der Waals surface area contributed by atoms with E-state index in [0.29, 0.717) is 324 Å². The van der Waals surface area contributed by atoms with Crippen molar-refractivity contribution in [2.24, 2.45) is 0 Å². The second-order valence-electron chi connectivity index (χ2n) is 15.4. The summed E-state index contributed by atoms with van der Waals surface area (Å²) in [6.07, 6.45) is 0. The van der Waals surface area contributed by atoms with E-state index in [1.54, 1.807) is 7.11 Å². The van der Waals surface area contributed by atoms with Gasteiger partial charge in [0, 0.05) is 7.11 Å².